The maximum Gasteiger partial charge on any atom is 0.129 e. The van der Waals surface area contributed by atoms with Crippen molar-refractivity contribution in [3.8, 4) is 11.5 Å². The number of hydrogen-bond acceptors (Lipinski definition) is 2. The van der Waals surface area contributed by atoms with Gasteiger partial charge in [0, 0.05) is 16.7 Å². The van der Waals surface area contributed by atoms with Crippen LogP contribution >= 0.6 is 0 Å². The monoisotopic (exact) mass is 352 g/mol. The van der Waals surface area contributed by atoms with Gasteiger partial charge in [0.25, 0.3) is 0 Å². The van der Waals surface area contributed by atoms with E-state index in [1.165, 1.54) is 11.6 Å². The van der Waals surface area contributed by atoms with Crippen LogP contribution in [0.1, 0.15) is 16.7 Å². The van der Waals surface area contributed by atoms with E-state index < -0.39 is 0 Å². The first-order valence-electron chi connectivity index (χ1n) is 8.65. The quantitative estimate of drug-likeness (QED) is 0.671. The Kier molecular flexibility index (Phi) is 6.23. The van der Waals surface area contributed by atoms with Gasteiger partial charge in [-0.25, -0.2) is 4.39 Å². The highest BCUT2D eigenvalue weighted by atomic mass is 19.1. The minimum absolute atomic E-state index is 0.224. The minimum Gasteiger partial charge on any atom is -0.497 e. The van der Waals surface area contributed by atoms with Crippen LogP contribution in [-0.2, 0) is 19.7 Å². The summed E-state index contributed by atoms with van der Waals surface area (Å²) in [4.78, 5) is 0. The fourth-order valence-electron chi connectivity index (χ4n) is 2.74. The Morgan fingerprint density at radius 1 is 0.808 bits per heavy atom. The Morgan fingerprint density at radius 3 is 2.23 bits per heavy atom. The summed E-state index contributed by atoms with van der Waals surface area (Å²) in [6.45, 7) is 1.88. The van der Waals surface area contributed by atoms with Gasteiger partial charge in [-0.05, 0) is 42.5 Å². The zero-order valence-corrected chi connectivity index (χ0v) is 14.8. The number of ether oxygens (including phenoxy) is 2. The van der Waals surface area contributed by atoms with E-state index in [9.17, 15) is 4.39 Å². The van der Waals surface area contributed by atoms with E-state index >= 15 is 0 Å². The normalized spacial score (nSPS) is 10.5. The molecule has 0 amide bonds. The summed E-state index contributed by atoms with van der Waals surface area (Å²) in [5, 5.41) is 2.22. The fourth-order valence-corrected chi connectivity index (χ4v) is 2.74. The highest BCUT2D eigenvalue weighted by molar-refractivity contribution is 5.33. The van der Waals surface area contributed by atoms with E-state index in [4.69, 9.17) is 9.47 Å². The van der Waals surface area contributed by atoms with E-state index in [0.717, 1.165) is 30.2 Å². The molecule has 4 heteroatoms. The second kappa shape index (κ2) is 9.02. The van der Waals surface area contributed by atoms with E-state index in [1.54, 1.807) is 19.2 Å². The van der Waals surface area contributed by atoms with Crippen molar-refractivity contribution in [2.75, 3.05) is 7.11 Å². The van der Waals surface area contributed by atoms with Gasteiger partial charge in [0.05, 0.1) is 7.11 Å². The zero-order valence-electron chi connectivity index (χ0n) is 14.8. The molecule has 3 nitrogen and oxygen atoms in total. The fraction of sp³-hybridized carbons (Fsp3) is 0.182. The lowest BCUT2D eigenvalue weighted by atomic mass is 10.1. The van der Waals surface area contributed by atoms with Crippen LogP contribution in [0.25, 0.3) is 0 Å². The molecule has 0 heterocycles. The topological polar surface area (TPSA) is 35.1 Å². The van der Waals surface area contributed by atoms with Crippen LogP contribution < -0.4 is 14.8 Å². The molecule has 0 saturated heterocycles. The number of methoxy groups -OCH3 is 1. The summed E-state index contributed by atoms with van der Waals surface area (Å²) in [5.74, 6) is 1.42. The average Bonchev–Trinajstić information content (AvgIpc) is 2.69. The van der Waals surface area contributed by atoms with Crippen LogP contribution in [-0.4, -0.2) is 7.11 Å². The first-order chi connectivity index (χ1) is 12.8. The van der Waals surface area contributed by atoms with Crippen LogP contribution in [0.2, 0.25) is 0 Å². The molecule has 3 aromatic carbocycles. The largest absolute Gasteiger partial charge is 0.497 e. The summed E-state index contributed by atoms with van der Waals surface area (Å²) in [7, 11) is 1.67. The van der Waals surface area contributed by atoms with Crippen molar-refractivity contribution in [3.05, 3.63) is 95.3 Å². The summed E-state index contributed by atoms with van der Waals surface area (Å²) in [6, 6.07) is 22.7. The van der Waals surface area contributed by atoms with Crippen LogP contribution in [0, 0.1) is 5.82 Å². The van der Waals surface area contributed by atoms with E-state index in [0.29, 0.717) is 5.56 Å². The van der Waals surface area contributed by atoms with Crippen LogP contribution in [0.15, 0.2) is 72.8 Å². The zero-order chi connectivity index (χ0) is 18.2. The van der Waals surface area contributed by atoms with Crippen molar-refractivity contribution in [3.63, 3.8) is 0 Å². The maximum atomic E-state index is 13.7. The highest BCUT2D eigenvalue weighted by Crippen LogP contribution is 2.19. The third-order valence-electron chi connectivity index (χ3n) is 4.22. The molecule has 0 saturated carbocycles. The second-order valence-electron chi connectivity index (χ2n) is 6.03. The van der Waals surface area contributed by atoms with Gasteiger partial charge in [-0.3, -0.25) is 0 Å². The molecule has 2 N–H and O–H groups in total. The molecule has 3 aromatic rings. The van der Waals surface area contributed by atoms with Crippen LogP contribution in [0.5, 0.6) is 11.5 Å². The summed E-state index contributed by atoms with van der Waals surface area (Å²) in [6.07, 6.45) is 0. The molecule has 0 radical (unpaired) electrons. The Morgan fingerprint density at radius 2 is 1.50 bits per heavy atom. The number of hydrogen-bond donors (Lipinski definition) is 1. The van der Waals surface area contributed by atoms with Gasteiger partial charge >= 0.3 is 0 Å². The van der Waals surface area contributed by atoms with Crippen molar-refractivity contribution in [2.45, 2.75) is 19.7 Å². The van der Waals surface area contributed by atoms with E-state index in [2.05, 4.69) is 17.4 Å². The summed E-state index contributed by atoms with van der Waals surface area (Å²) < 4.78 is 24.8. The van der Waals surface area contributed by atoms with Crippen LogP contribution in [0.4, 0.5) is 4.39 Å². The van der Waals surface area contributed by atoms with E-state index in [-0.39, 0.29) is 12.4 Å². The number of quaternary nitrogens is 1. The molecule has 0 aliphatic carbocycles. The average molecular weight is 352 g/mol. The Labute approximate surface area is 153 Å². The Bertz CT molecular complexity index is 834. The molecule has 0 atom stereocenters. The molecule has 0 aromatic heterocycles. The van der Waals surface area contributed by atoms with Gasteiger partial charge in [0.15, 0.2) is 0 Å². The van der Waals surface area contributed by atoms with Gasteiger partial charge in [-0.2, -0.15) is 0 Å². The van der Waals surface area contributed by atoms with Gasteiger partial charge in [0.2, 0.25) is 0 Å². The molecule has 134 valence electrons. The lowest BCUT2D eigenvalue weighted by Gasteiger charge is -2.11. The third kappa shape index (κ3) is 4.83. The summed E-state index contributed by atoms with van der Waals surface area (Å²) in [5.41, 5.74) is 2.89. The molecule has 0 fully saturated rings. The first kappa shape index (κ1) is 18.0. The predicted octanol–water partition coefficient (Wildman–Crippen LogP) is 3.68. The van der Waals surface area contributed by atoms with Crippen molar-refractivity contribution in [1.82, 2.24) is 0 Å². The summed E-state index contributed by atoms with van der Waals surface area (Å²) >= 11 is 0. The molecule has 3 rings (SSSR count). The Hall–Kier alpha value is -2.85. The molecular formula is C22H23FNO2+. The molecule has 0 bridgehead atoms. The molecule has 0 unspecified atom stereocenters. The molecule has 0 aliphatic rings. The number of halogens is 1. The molecule has 0 aliphatic heterocycles. The number of benzene rings is 3. The van der Waals surface area contributed by atoms with Gasteiger partial charge in [-0.1, -0.05) is 30.3 Å². The first-order valence-corrected chi connectivity index (χ1v) is 8.65. The van der Waals surface area contributed by atoms with Gasteiger partial charge in [-0.15, -0.1) is 0 Å². The standard InChI is InChI=1S/C22H22FNO2/c1-25-20-12-10-17(11-13-20)14-24-15-18-6-3-5-9-22(18)26-16-19-7-2-4-8-21(19)23/h2-13,24H,14-16H2,1H3/p+1. The van der Waals surface area contributed by atoms with Crippen LogP contribution in [0.3, 0.4) is 0 Å². The number of para-hydroxylation sites is 1. The second-order valence-corrected chi connectivity index (χ2v) is 6.03. The Balaban J connectivity index is 1.57. The SMILES string of the molecule is COc1ccc(C[NH2+]Cc2ccccc2OCc2ccccc2F)cc1. The number of rotatable bonds is 8. The molecule has 0 spiro atoms. The third-order valence-corrected chi connectivity index (χ3v) is 4.22. The lowest BCUT2D eigenvalue weighted by Crippen LogP contribution is -2.80. The minimum atomic E-state index is -0.240. The van der Waals surface area contributed by atoms with Crippen molar-refractivity contribution in [2.24, 2.45) is 0 Å². The predicted molar refractivity (Wildman–Crippen MR) is 99.5 cm³/mol. The van der Waals surface area contributed by atoms with Gasteiger partial charge < -0.3 is 14.8 Å². The number of nitrogens with two attached hydrogens (primary N) is 1. The van der Waals surface area contributed by atoms with Crippen molar-refractivity contribution >= 4 is 0 Å². The molecular weight excluding hydrogens is 329 g/mol. The molecule has 26 heavy (non-hydrogen) atoms. The maximum absolute atomic E-state index is 13.7. The van der Waals surface area contributed by atoms with Crippen molar-refractivity contribution < 1.29 is 19.2 Å². The van der Waals surface area contributed by atoms with Crippen molar-refractivity contribution in [1.29, 1.82) is 0 Å². The van der Waals surface area contributed by atoms with E-state index in [1.807, 2.05) is 42.5 Å². The lowest BCUT2D eigenvalue weighted by molar-refractivity contribution is -0.686. The smallest absolute Gasteiger partial charge is 0.129 e. The highest BCUT2D eigenvalue weighted by Gasteiger charge is 2.07. The van der Waals surface area contributed by atoms with Gasteiger partial charge in [0.1, 0.15) is 37.0 Å².